The molecule has 1 amide bonds. The predicted octanol–water partition coefficient (Wildman–Crippen LogP) is 2.11. The number of ketones is 1. The fraction of sp³-hybridized carbons (Fsp3) is 0.0556. The third kappa shape index (κ3) is 2.59. The highest BCUT2D eigenvalue weighted by Crippen LogP contribution is 2.15. The lowest BCUT2D eigenvalue weighted by Crippen LogP contribution is -2.45. The Kier molecular flexibility index (Phi) is 3.66. The summed E-state index contributed by atoms with van der Waals surface area (Å²) in [5.74, 6) is -0.610. The summed E-state index contributed by atoms with van der Waals surface area (Å²) in [6.07, 6.45) is 1.73. The van der Waals surface area contributed by atoms with E-state index in [1.54, 1.807) is 22.9 Å². The van der Waals surface area contributed by atoms with Gasteiger partial charge in [0, 0.05) is 11.6 Å². The summed E-state index contributed by atoms with van der Waals surface area (Å²) in [5.41, 5.74) is 6.48. The van der Waals surface area contributed by atoms with Gasteiger partial charge in [-0.2, -0.15) is 4.57 Å². The predicted molar refractivity (Wildman–Crippen MR) is 83.4 cm³/mol. The Balaban J connectivity index is 2.06. The molecule has 22 heavy (non-hydrogen) atoms. The molecule has 2 N–H and O–H groups in total. The molecule has 0 radical (unpaired) electrons. The van der Waals surface area contributed by atoms with Crippen molar-refractivity contribution in [2.24, 2.45) is 5.73 Å². The van der Waals surface area contributed by atoms with Crippen molar-refractivity contribution >= 4 is 22.5 Å². The van der Waals surface area contributed by atoms with E-state index in [4.69, 9.17) is 5.73 Å². The molecule has 4 heteroatoms. The lowest BCUT2D eigenvalue weighted by Gasteiger charge is -2.05. The molecule has 0 fully saturated rings. The van der Waals surface area contributed by atoms with Gasteiger partial charge in [0.25, 0.3) is 5.69 Å². The zero-order valence-corrected chi connectivity index (χ0v) is 11.9. The maximum Gasteiger partial charge on any atom is 0.314 e. The Morgan fingerprint density at radius 1 is 0.909 bits per heavy atom. The molecule has 0 aliphatic rings. The molecule has 1 aromatic heterocycles. The van der Waals surface area contributed by atoms with Gasteiger partial charge in [-0.3, -0.25) is 9.59 Å². The minimum absolute atomic E-state index is 0.0663. The Hall–Kier alpha value is -3.01. The van der Waals surface area contributed by atoms with Crippen LogP contribution in [0.4, 0.5) is 0 Å². The number of primary amides is 1. The first-order valence-electron chi connectivity index (χ1n) is 6.96. The monoisotopic (exact) mass is 291 g/mol. The number of carbonyl (C=O) groups is 2. The summed E-state index contributed by atoms with van der Waals surface area (Å²) < 4.78 is 1.61. The topological polar surface area (TPSA) is 64.0 Å². The van der Waals surface area contributed by atoms with E-state index >= 15 is 0 Å². The van der Waals surface area contributed by atoms with Gasteiger partial charge in [0.1, 0.15) is 0 Å². The third-order valence-electron chi connectivity index (χ3n) is 3.58. The first kappa shape index (κ1) is 13.9. The molecular weight excluding hydrogens is 276 g/mol. The molecule has 0 atom stereocenters. The fourth-order valence-electron chi connectivity index (χ4n) is 2.53. The number of hydrogen-bond acceptors (Lipinski definition) is 2. The number of nitrogens with two attached hydrogens (primary N) is 1. The first-order chi connectivity index (χ1) is 10.7. The minimum Gasteiger partial charge on any atom is -0.360 e. The van der Waals surface area contributed by atoms with Gasteiger partial charge in [0.15, 0.2) is 6.20 Å². The second kappa shape index (κ2) is 5.77. The highest BCUT2D eigenvalue weighted by molar-refractivity contribution is 6.03. The van der Waals surface area contributed by atoms with Crippen molar-refractivity contribution in [3.8, 4) is 0 Å². The zero-order valence-electron chi connectivity index (χ0n) is 11.9. The van der Waals surface area contributed by atoms with Crippen LogP contribution in [0.25, 0.3) is 10.8 Å². The highest BCUT2D eigenvalue weighted by atomic mass is 16.1. The Labute approximate surface area is 127 Å². The Morgan fingerprint density at radius 2 is 1.59 bits per heavy atom. The summed E-state index contributed by atoms with van der Waals surface area (Å²) in [4.78, 5) is 24.2. The fourth-order valence-corrected chi connectivity index (χ4v) is 2.53. The zero-order chi connectivity index (χ0) is 15.5. The van der Waals surface area contributed by atoms with Crippen LogP contribution in [-0.4, -0.2) is 11.7 Å². The van der Waals surface area contributed by atoms with Gasteiger partial charge in [0.2, 0.25) is 12.3 Å². The number of pyridine rings is 1. The van der Waals surface area contributed by atoms with Crippen LogP contribution in [0.1, 0.15) is 20.8 Å². The molecule has 4 nitrogen and oxygen atoms in total. The molecule has 3 aromatic rings. The molecule has 2 aromatic carbocycles. The van der Waals surface area contributed by atoms with Gasteiger partial charge in [0.05, 0.1) is 5.39 Å². The summed E-state index contributed by atoms with van der Waals surface area (Å²) in [6, 6.07) is 18.4. The number of benzene rings is 2. The molecule has 0 bridgehead atoms. The van der Waals surface area contributed by atoms with Gasteiger partial charge < -0.3 is 5.73 Å². The lowest BCUT2D eigenvalue weighted by atomic mass is 10.1. The number of hydrogen-bond donors (Lipinski definition) is 1. The maximum absolute atomic E-state index is 12.4. The molecule has 0 unspecified atom stereocenters. The van der Waals surface area contributed by atoms with Crippen LogP contribution in [0, 0.1) is 0 Å². The van der Waals surface area contributed by atoms with Crippen LogP contribution in [-0.2, 0) is 6.54 Å². The number of amides is 1. The first-order valence-corrected chi connectivity index (χ1v) is 6.96. The van der Waals surface area contributed by atoms with Crippen LogP contribution >= 0.6 is 0 Å². The average molecular weight is 291 g/mol. The molecule has 0 spiro atoms. The lowest BCUT2D eigenvalue weighted by molar-refractivity contribution is -0.683. The van der Waals surface area contributed by atoms with Gasteiger partial charge in [-0.1, -0.05) is 48.5 Å². The van der Waals surface area contributed by atoms with Crippen LogP contribution in [0.3, 0.4) is 0 Å². The van der Waals surface area contributed by atoms with E-state index in [2.05, 4.69) is 0 Å². The number of carbonyl (C=O) groups excluding carboxylic acids is 2. The van der Waals surface area contributed by atoms with Crippen molar-refractivity contribution in [3.63, 3.8) is 0 Å². The van der Waals surface area contributed by atoms with E-state index in [0.717, 1.165) is 10.8 Å². The second-order valence-corrected chi connectivity index (χ2v) is 5.03. The normalized spacial score (nSPS) is 10.5. The Morgan fingerprint density at radius 3 is 2.32 bits per heavy atom. The minimum atomic E-state index is -0.544. The number of Topliss-reactive ketones (excluding diaryl/α,β-unsaturated/α-hetero) is 1. The highest BCUT2D eigenvalue weighted by Gasteiger charge is 2.23. The van der Waals surface area contributed by atoms with E-state index in [0.29, 0.717) is 11.3 Å². The molecule has 1 heterocycles. The second-order valence-electron chi connectivity index (χ2n) is 5.03. The van der Waals surface area contributed by atoms with Crippen molar-refractivity contribution in [1.29, 1.82) is 0 Å². The summed E-state index contributed by atoms with van der Waals surface area (Å²) >= 11 is 0. The van der Waals surface area contributed by atoms with Gasteiger partial charge in [-0.25, -0.2) is 0 Å². The molecule has 0 saturated heterocycles. The molecule has 108 valence electrons. The van der Waals surface area contributed by atoms with Crippen molar-refractivity contribution in [2.45, 2.75) is 6.54 Å². The van der Waals surface area contributed by atoms with E-state index in [1.165, 1.54) is 0 Å². The number of nitrogens with zero attached hydrogens (tertiary/aromatic N) is 1. The molecule has 0 saturated carbocycles. The van der Waals surface area contributed by atoms with Crippen LogP contribution < -0.4 is 10.3 Å². The van der Waals surface area contributed by atoms with Crippen molar-refractivity contribution < 1.29 is 14.2 Å². The third-order valence-corrected chi connectivity index (χ3v) is 3.58. The number of rotatable bonds is 4. The summed E-state index contributed by atoms with van der Waals surface area (Å²) in [5, 5.41) is 1.66. The van der Waals surface area contributed by atoms with Gasteiger partial charge >= 0.3 is 5.91 Å². The van der Waals surface area contributed by atoms with Crippen LogP contribution in [0.2, 0.25) is 0 Å². The van der Waals surface area contributed by atoms with Gasteiger partial charge in [-0.15, -0.1) is 0 Å². The number of fused-ring (bicyclic) bond motifs is 1. The summed E-state index contributed by atoms with van der Waals surface area (Å²) in [7, 11) is 0. The van der Waals surface area contributed by atoms with E-state index < -0.39 is 5.91 Å². The molecule has 0 aliphatic carbocycles. The van der Waals surface area contributed by atoms with E-state index in [1.807, 2.05) is 48.5 Å². The summed E-state index contributed by atoms with van der Waals surface area (Å²) in [6.45, 7) is 0.0765. The maximum atomic E-state index is 12.4. The van der Waals surface area contributed by atoms with Crippen molar-refractivity contribution in [3.05, 3.63) is 78.1 Å². The quantitative estimate of drug-likeness (QED) is 0.591. The molecule has 3 rings (SSSR count). The average Bonchev–Trinajstić information content (AvgIpc) is 2.55. The molecule has 0 aliphatic heterocycles. The number of aromatic nitrogens is 1. The smallest absolute Gasteiger partial charge is 0.314 e. The van der Waals surface area contributed by atoms with Crippen LogP contribution in [0.15, 0.2) is 66.9 Å². The Bertz CT molecular complexity index is 857. The van der Waals surface area contributed by atoms with Crippen LogP contribution in [0.5, 0.6) is 0 Å². The van der Waals surface area contributed by atoms with Crippen molar-refractivity contribution in [1.82, 2.24) is 0 Å². The largest absolute Gasteiger partial charge is 0.360 e. The van der Waals surface area contributed by atoms with E-state index in [9.17, 15) is 9.59 Å². The van der Waals surface area contributed by atoms with Gasteiger partial charge in [-0.05, 0) is 11.5 Å². The molecular formula is C18H15N2O2+. The standard InChI is InChI=1S/C18H14N2O2/c19-18(22)17-15-9-5-4-6-13(15)10-11-20(17)12-16(21)14-7-2-1-3-8-14/h1-11H,12H2,(H-,19,22)/p+1. The van der Waals surface area contributed by atoms with E-state index in [-0.39, 0.29) is 12.3 Å². The van der Waals surface area contributed by atoms with Crippen molar-refractivity contribution in [2.75, 3.05) is 0 Å². The SMILES string of the molecule is NC(=O)c1c2ccccc2cc[n+]1CC(=O)c1ccccc1.